The molecule has 0 radical (unpaired) electrons. The molecular formula is C19H15BN2O2. The fourth-order valence-corrected chi connectivity index (χ4v) is 2.97. The zero-order valence-corrected chi connectivity index (χ0v) is 12.8. The minimum absolute atomic E-state index is 0.146. The lowest BCUT2D eigenvalue weighted by Gasteiger charge is -2.11. The Morgan fingerprint density at radius 2 is 1.38 bits per heavy atom. The summed E-state index contributed by atoms with van der Waals surface area (Å²) in [5.41, 5.74) is 5.80. The second kappa shape index (κ2) is 5.96. The van der Waals surface area contributed by atoms with E-state index in [4.69, 9.17) is 0 Å². The molecule has 1 aromatic heterocycles. The third-order valence-corrected chi connectivity index (χ3v) is 4.06. The van der Waals surface area contributed by atoms with E-state index in [1.165, 1.54) is 0 Å². The standard InChI is InChI=1S/C19H15BN2O2/c23-20(24)19-21-16-12-11-15(13-7-3-1-4-8-13)17(18(16)22-19)14-9-5-2-6-10-14/h1-12,23-24H,(H,21,22). The quantitative estimate of drug-likeness (QED) is 0.509. The van der Waals surface area contributed by atoms with E-state index in [0.717, 1.165) is 33.3 Å². The van der Waals surface area contributed by atoms with E-state index in [2.05, 4.69) is 22.1 Å². The van der Waals surface area contributed by atoms with Crippen LogP contribution in [0.15, 0.2) is 72.8 Å². The first-order valence-corrected chi connectivity index (χ1v) is 7.73. The Morgan fingerprint density at radius 1 is 0.750 bits per heavy atom. The SMILES string of the molecule is OB(O)c1nc2c(-c3ccccc3)c(-c3ccccc3)ccc2[nH]1. The molecule has 0 unspecified atom stereocenters. The maximum Gasteiger partial charge on any atom is 0.526 e. The molecule has 4 nitrogen and oxygen atoms in total. The molecule has 0 fully saturated rings. The second-order valence-corrected chi connectivity index (χ2v) is 5.61. The van der Waals surface area contributed by atoms with Gasteiger partial charge < -0.3 is 15.0 Å². The predicted molar refractivity (Wildman–Crippen MR) is 96.8 cm³/mol. The summed E-state index contributed by atoms with van der Waals surface area (Å²) in [5.74, 6) is 0. The van der Waals surface area contributed by atoms with Crippen molar-refractivity contribution in [3.8, 4) is 22.3 Å². The number of aromatic amines is 1. The summed E-state index contributed by atoms with van der Waals surface area (Å²) >= 11 is 0. The number of nitrogens with one attached hydrogen (secondary N) is 1. The molecular weight excluding hydrogens is 299 g/mol. The van der Waals surface area contributed by atoms with Gasteiger partial charge in [-0.25, -0.2) is 4.98 Å². The van der Waals surface area contributed by atoms with Crippen molar-refractivity contribution < 1.29 is 10.0 Å². The maximum atomic E-state index is 9.43. The molecule has 4 aromatic rings. The van der Waals surface area contributed by atoms with Crippen LogP contribution in [0, 0.1) is 0 Å². The van der Waals surface area contributed by atoms with E-state index in [9.17, 15) is 10.0 Å². The van der Waals surface area contributed by atoms with Crippen molar-refractivity contribution in [1.29, 1.82) is 0 Å². The fourth-order valence-electron chi connectivity index (χ4n) is 2.97. The van der Waals surface area contributed by atoms with Crippen LogP contribution in [0.1, 0.15) is 0 Å². The van der Waals surface area contributed by atoms with Crippen molar-refractivity contribution in [1.82, 2.24) is 9.97 Å². The monoisotopic (exact) mass is 314 g/mol. The molecule has 116 valence electrons. The minimum atomic E-state index is -1.62. The summed E-state index contributed by atoms with van der Waals surface area (Å²) in [6.07, 6.45) is 0. The average Bonchev–Trinajstić information content (AvgIpc) is 3.07. The van der Waals surface area contributed by atoms with E-state index in [-0.39, 0.29) is 5.72 Å². The van der Waals surface area contributed by atoms with Gasteiger partial charge in [0.15, 0.2) is 0 Å². The van der Waals surface area contributed by atoms with E-state index >= 15 is 0 Å². The predicted octanol–water partition coefficient (Wildman–Crippen LogP) is 2.58. The molecule has 0 amide bonds. The topological polar surface area (TPSA) is 69.1 Å². The summed E-state index contributed by atoms with van der Waals surface area (Å²) in [7, 11) is -1.62. The smallest absolute Gasteiger partial charge is 0.421 e. The number of benzene rings is 3. The minimum Gasteiger partial charge on any atom is -0.421 e. The third-order valence-electron chi connectivity index (χ3n) is 4.06. The van der Waals surface area contributed by atoms with Crippen molar-refractivity contribution in [2.45, 2.75) is 0 Å². The molecule has 0 atom stereocenters. The number of imidazole rings is 1. The first-order chi connectivity index (χ1) is 11.7. The molecule has 0 saturated heterocycles. The Balaban J connectivity index is 2.06. The Bertz CT molecular complexity index is 982. The molecule has 3 N–H and O–H groups in total. The van der Waals surface area contributed by atoms with Crippen LogP contribution < -0.4 is 5.72 Å². The Morgan fingerprint density at radius 3 is 2.00 bits per heavy atom. The van der Waals surface area contributed by atoms with Crippen molar-refractivity contribution in [3.05, 3.63) is 72.8 Å². The highest BCUT2D eigenvalue weighted by molar-refractivity contribution is 6.57. The highest BCUT2D eigenvalue weighted by Crippen LogP contribution is 2.36. The van der Waals surface area contributed by atoms with Gasteiger partial charge in [0.2, 0.25) is 0 Å². The molecule has 4 rings (SSSR count). The summed E-state index contributed by atoms with van der Waals surface area (Å²) in [6, 6.07) is 24.1. The first kappa shape index (κ1) is 14.7. The largest absolute Gasteiger partial charge is 0.526 e. The van der Waals surface area contributed by atoms with Gasteiger partial charge in [-0.2, -0.15) is 0 Å². The van der Waals surface area contributed by atoms with Gasteiger partial charge in [0, 0.05) is 5.56 Å². The Hall–Kier alpha value is -2.89. The zero-order valence-electron chi connectivity index (χ0n) is 12.8. The van der Waals surface area contributed by atoms with Crippen LogP contribution in [0.5, 0.6) is 0 Å². The van der Waals surface area contributed by atoms with E-state index < -0.39 is 7.12 Å². The van der Waals surface area contributed by atoms with Crippen LogP contribution >= 0.6 is 0 Å². The van der Waals surface area contributed by atoms with E-state index in [1.54, 1.807) is 0 Å². The third kappa shape index (κ3) is 2.50. The molecule has 3 aromatic carbocycles. The molecule has 5 heteroatoms. The van der Waals surface area contributed by atoms with Crippen molar-refractivity contribution in [2.75, 3.05) is 0 Å². The lowest BCUT2D eigenvalue weighted by atomic mass is 9.91. The Kier molecular flexibility index (Phi) is 3.65. The van der Waals surface area contributed by atoms with Gasteiger partial charge in [-0.1, -0.05) is 66.7 Å². The molecule has 0 aliphatic rings. The lowest BCUT2D eigenvalue weighted by molar-refractivity contribution is 0.423. The highest BCUT2D eigenvalue weighted by Gasteiger charge is 2.20. The number of hydrogen-bond donors (Lipinski definition) is 3. The number of rotatable bonds is 3. The van der Waals surface area contributed by atoms with Crippen LogP contribution in [0.25, 0.3) is 33.3 Å². The van der Waals surface area contributed by atoms with Gasteiger partial charge in [-0.3, -0.25) is 0 Å². The van der Waals surface area contributed by atoms with Gasteiger partial charge in [0.1, 0.15) is 5.72 Å². The van der Waals surface area contributed by atoms with E-state index in [1.807, 2.05) is 60.7 Å². The van der Waals surface area contributed by atoms with Crippen molar-refractivity contribution in [2.24, 2.45) is 0 Å². The highest BCUT2D eigenvalue weighted by atomic mass is 16.4. The molecule has 24 heavy (non-hydrogen) atoms. The second-order valence-electron chi connectivity index (χ2n) is 5.61. The van der Waals surface area contributed by atoms with Gasteiger partial charge in [-0.15, -0.1) is 0 Å². The number of nitrogens with zero attached hydrogens (tertiary/aromatic N) is 1. The van der Waals surface area contributed by atoms with Crippen LogP contribution in [0.3, 0.4) is 0 Å². The van der Waals surface area contributed by atoms with Crippen LogP contribution in [0.4, 0.5) is 0 Å². The molecule has 0 aliphatic carbocycles. The number of fused-ring (bicyclic) bond motifs is 1. The van der Waals surface area contributed by atoms with Crippen molar-refractivity contribution in [3.63, 3.8) is 0 Å². The number of aromatic nitrogens is 2. The average molecular weight is 314 g/mol. The summed E-state index contributed by atoms with van der Waals surface area (Å²) < 4.78 is 0. The van der Waals surface area contributed by atoms with Crippen LogP contribution in [-0.4, -0.2) is 27.1 Å². The van der Waals surface area contributed by atoms with Crippen LogP contribution in [-0.2, 0) is 0 Å². The Labute approximate surface area is 139 Å². The zero-order chi connectivity index (χ0) is 16.5. The normalized spacial score (nSPS) is 10.9. The molecule has 0 aliphatic heterocycles. The fraction of sp³-hybridized carbons (Fsp3) is 0. The number of hydrogen-bond acceptors (Lipinski definition) is 3. The van der Waals surface area contributed by atoms with Crippen LogP contribution in [0.2, 0.25) is 0 Å². The number of H-pyrrole nitrogens is 1. The molecule has 1 heterocycles. The molecule has 0 spiro atoms. The lowest BCUT2D eigenvalue weighted by Crippen LogP contribution is -2.33. The first-order valence-electron chi connectivity index (χ1n) is 7.73. The molecule has 0 saturated carbocycles. The maximum absolute atomic E-state index is 9.43. The van der Waals surface area contributed by atoms with Crippen molar-refractivity contribution >= 4 is 23.9 Å². The van der Waals surface area contributed by atoms with Gasteiger partial charge in [-0.05, 0) is 22.8 Å². The van der Waals surface area contributed by atoms with Gasteiger partial charge in [0.05, 0.1) is 11.0 Å². The molecule has 0 bridgehead atoms. The van der Waals surface area contributed by atoms with Gasteiger partial charge in [0.25, 0.3) is 0 Å². The summed E-state index contributed by atoms with van der Waals surface area (Å²) in [4.78, 5) is 7.39. The van der Waals surface area contributed by atoms with Gasteiger partial charge >= 0.3 is 7.12 Å². The summed E-state index contributed by atoms with van der Waals surface area (Å²) in [5, 5.41) is 18.9. The summed E-state index contributed by atoms with van der Waals surface area (Å²) in [6.45, 7) is 0. The van der Waals surface area contributed by atoms with E-state index in [0.29, 0.717) is 0 Å².